The molecule has 5 heteroatoms. The second-order valence-corrected chi connectivity index (χ2v) is 6.30. The third-order valence-electron chi connectivity index (χ3n) is 4.21. The molecule has 0 amide bonds. The molecule has 0 radical (unpaired) electrons. The quantitative estimate of drug-likeness (QED) is 0.691. The lowest BCUT2D eigenvalue weighted by atomic mass is 10.1. The van der Waals surface area contributed by atoms with E-state index in [1.54, 1.807) is 0 Å². The molecule has 5 nitrogen and oxygen atoms in total. The van der Waals surface area contributed by atoms with Crippen LogP contribution in [0.2, 0.25) is 0 Å². The smallest absolute Gasteiger partial charge is 0.226 e. The molecule has 1 aromatic heterocycles. The number of nitrogens with two attached hydrogens (primary N) is 1. The first kappa shape index (κ1) is 14.8. The van der Waals surface area contributed by atoms with E-state index in [0.717, 1.165) is 40.4 Å². The average molecular weight is 320 g/mol. The number of ether oxygens (including phenoxy) is 1. The summed E-state index contributed by atoms with van der Waals surface area (Å²) in [5, 5.41) is 5.25. The Hall–Kier alpha value is -2.82. The highest BCUT2D eigenvalue weighted by molar-refractivity contribution is 5.97. The van der Waals surface area contributed by atoms with Gasteiger partial charge in [0.1, 0.15) is 5.75 Å². The number of aryl methyl sites for hydroxylation is 1. The second kappa shape index (κ2) is 6.00. The minimum absolute atomic E-state index is 0.538. The Morgan fingerprint density at radius 2 is 1.92 bits per heavy atom. The molecule has 0 aliphatic heterocycles. The predicted octanol–water partition coefficient (Wildman–Crippen LogP) is 4.13. The van der Waals surface area contributed by atoms with Crippen LogP contribution in [0.4, 0.5) is 11.6 Å². The maximum atomic E-state index is 6.05. The third-order valence-corrected chi connectivity index (χ3v) is 4.21. The molecule has 4 rings (SSSR count). The summed E-state index contributed by atoms with van der Waals surface area (Å²) in [6.07, 6.45) is 2.58. The standard InChI is InChI=1S/C19H20N4O/c1-12-10-18(23-19(22-12)21-11-13-6-7-13)24-17-9-8-16(20)14-4-2-3-5-15(14)17/h2-5,8-10,13H,6-7,11,20H2,1H3,(H,21,22,23). The van der Waals surface area contributed by atoms with E-state index in [0.29, 0.717) is 11.8 Å². The first-order chi connectivity index (χ1) is 11.7. The van der Waals surface area contributed by atoms with Gasteiger partial charge in [-0.15, -0.1) is 0 Å². The highest BCUT2D eigenvalue weighted by Crippen LogP contribution is 2.33. The molecule has 1 heterocycles. The number of rotatable bonds is 5. The van der Waals surface area contributed by atoms with E-state index < -0.39 is 0 Å². The van der Waals surface area contributed by atoms with E-state index in [2.05, 4.69) is 15.3 Å². The van der Waals surface area contributed by atoms with Crippen molar-refractivity contribution < 1.29 is 4.74 Å². The molecule has 1 fully saturated rings. The monoisotopic (exact) mass is 320 g/mol. The summed E-state index contributed by atoms with van der Waals surface area (Å²) in [6.45, 7) is 2.87. The zero-order valence-corrected chi connectivity index (χ0v) is 13.6. The Balaban J connectivity index is 1.64. The first-order valence-corrected chi connectivity index (χ1v) is 8.24. The molecule has 0 atom stereocenters. The second-order valence-electron chi connectivity index (χ2n) is 6.30. The van der Waals surface area contributed by atoms with Crippen molar-refractivity contribution in [1.82, 2.24) is 9.97 Å². The Labute approximate surface area is 140 Å². The van der Waals surface area contributed by atoms with Crippen LogP contribution in [-0.4, -0.2) is 16.5 Å². The molecule has 122 valence electrons. The lowest BCUT2D eigenvalue weighted by Crippen LogP contribution is -2.08. The van der Waals surface area contributed by atoms with Crippen LogP contribution in [-0.2, 0) is 0 Å². The first-order valence-electron chi connectivity index (χ1n) is 8.24. The van der Waals surface area contributed by atoms with Crippen molar-refractivity contribution in [1.29, 1.82) is 0 Å². The van der Waals surface area contributed by atoms with Crippen LogP contribution in [0.5, 0.6) is 11.6 Å². The van der Waals surface area contributed by atoms with Crippen molar-refractivity contribution in [3.05, 3.63) is 48.2 Å². The van der Waals surface area contributed by atoms with Gasteiger partial charge in [0.2, 0.25) is 11.8 Å². The number of nitrogens with one attached hydrogen (secondary N) is 1. The van der Waals surface area contributed by atoms with Gasteiger partial charge in [0.05, 0.1) is 0 Å². The normalized spacial score (nSPS) is 13.9. The molecule has 0 saturated heterocycles. The van der Waals surface area contributed by atoms with Crippen LogP contribution in [0.1, 0.15) is 18.5 Å². The molecular formula is C19H20N4O. The van der Waals surface area contributed by atoms with Crippen LogP contribution in [0.3, 0.4) is 0 Å². The minimum Gasteiger partial charge on any atom is -0.438 e. The molecule has 2 aromatic carbocycles. The molecule has 3 N–H and O–H groups in total. The lowest BCUT2D eigenvalue weighted by Gasteiger charge is -2.11. The lowest BCUT2D eigenvalue weighted by molar-refractivity contribution is 0.467. The SMILES string of the molecule is Cc1cc(Oc2ccc(N)c3ccccc23)nc(NCC2CC2)n1. The van der Waals surface area contributed by atoms with Gasteiger partial charge in [-0.3, -0.25) is 0 Å². The number of nitrogen functional groups attached to an aromatic ring is 1. The molecule has 0 spiro atoms. The zero-order chi connectivity index (χ0) is 16.5. The summed E-state index contributed by atoms with van der Waals surface area (Å²) in [6, 6.07) is 13.5. The number of anilines is 2. The van der Waals surface area contributed by atoms with Crippen molar-refractivity contribution in [2.24, 2.45) is 5.92 Å². The Morgan fingerprint density at radius 1 is 1.12 bits per heavy atom. The van der Waals surface area contributed by atoms with Gasteiger partial charge < -0.3 is 15.8 Å². The van der Waals surface area contributed by atoms with Gasteiger partial charge in [0, 0.05) is 34.8 Å². The highest BCUT2D eigenvalue weighted by atomic mass is 16.5. The van der Waals surface area contributed by atoms with Crippen molar-refractivity contribution in [2.75, 3.05) is 17.6 Å². The summed E-state index contributed by atoms with van der Waals surface area (Å²) < 4.78 is 6.04. The van der Waals surface area contributed by atoms with Gasteiger partial charge in [-0.25, -0.2) is 4.98 Å². The molecule has 24 heavy (non-hydrogen) atoms. The maximum absolute atomic E-state index is 6.05. The molecule has 1 aliphatic carbocycles. The van der Waals surface area contributed by atoms with Crippen LogP contribution >= 0.6 is 0 Å². The maximum Gasteiger partial charge on any atom is 0.226 e. The van der Waals surface area contributed by atoms with Gasteiger partial charge >= 0.3 is 0 Å². The summed E-state index contributed by atoms with van der Waals surface area (Å²) >= 11 is 0. The number of hydrogen-bond donors (Lipinski definition) is 2. The van der Waals surface area contributed by atoms with Gasteiger partial charge in [-0.1, -0.05) is 24.3 Å². The van der Waals surface area contributed by atoms with Crippen LogP contribution in [0.25, 0.3) is 10.8 Å². The Kier molecular flexibility index (Phi) is 3.69. The van der Waals surface area contributed by atoms with Gasteiger partial charge in [-0.05, 0) is 37.8 Å². The molecular weight excluding hydrogens is 300 g/mol. The third kappa shape index (κ3) is 3.11. The minimum atomic E-state index is 0.538. The number of fused-ring (bicyclic) bond motifs is 1. The summed E-state index contributed by atoms with van der Waals surface area (Å²) in [7, 11) is 0. The van der Waals surface area contributed by atoms with E-state index >= 15 is 0 Å². The van der Waals surface area contributed by atoms with Crippen molar-refractivity contribution in [2.45, 2.75) is 19.8 Å². The van der Waals surface area contributed by atoms with Crippen molar-refractivity contribution >= 4 is 22.4 Å². The molecule has 0 bridgehead atoms. The Bertz CT molecular complexity index is 890. The van der Waals surface area contributed by atoms with Crippen molar-refractivity contribution in [3.8, 4) is 11.6 Å². The largest absolute Gasteiger partial charge is 0.438 e. The van der Waals surface area contributed by atoms with Crippen molar-refractivity contribution in [3.63, 3.8) is 0 Å². The van der Waals surface area contributed by atoms with Crippen LogP contribution in [0, 0.1) is 12.8 Å². The fourth-order valence-corrected chi connectivity index (χ4v) is 2.72. The number of benzene rings is 2. The molecule has 1 saturated carbocycles. The van der Waals surface area contributed by atoms with Gasteiger partial charge in [0.25, 0.3) is 0 Å². The molecule has 0 unspecified atom stereocenters. The molecule has 1 aliphatic rings. The summed E-state index contributed by atoms with van der Waals surface area (Å²) in [5.74, 6) is 2.66. The Morgan fingerprint density at radius 3 is 2.71 bits per heavy atom. The van der Waals surface area contributed by atoms with E-state index in [-0.39, 0.29) is 0 Å². The van der Waals surface area contributed by atoms with E-state index in [4.69, 9.17) is 10.5 Å². The fourth-order valence-electron chi connectivity index (χ4n) is 2.72. The molecule has 3 aromatic rings. The zero-order valence-electron chi connectivity index (χ0n) is 13.6. The fraction of sp³-hybridized carbons (Fsp3) is 0.263. The van der Waals surface area contributed by atoms with E-state index in [1.807, 2.05) is 49.4 Å². The van der Waals surface area contributed by atoms with Crippen LogP contribution in [0.15, 0.2) is 42.5 Å². The van der Waals surface area contributed by atoms with E-state index in [1.165, 1.54) is 12.8 Å². The van der Waals surface area contributed by atoms with E-state index in [9.17, 15) is 0 Å². The topological polar surface area (TPSA) is 73.1 Å². The highest BCUT2D eigenvalue weighted by Gasteiger charge is 2.21. The van der Waals surface area contributed by atoms with Crippen LogP contribution < -0.4 is 15.8 Å². The summed E-state index contributed by atoms with van der Waals surface area (Å²) in [5.41, 5.74) is 7.66. The number of aromatic nitrogens is 2. The van der Waals surface area contributed by atoms with Gasteiger partial charge in [-0.2, -0.15) is 4.98 Å². The number of hydrogen-bond acceptors (Lipinski definition) is 5. The van der Waals surface area contributed by atoms with Gasteiger partial charge in [0.15, 0.2) is 0 Å². The number of nitrogens with zero attached hydrogens (tertiary/aromatic N) is 2. The predicted molar refractivity (Wildman–Crippen MR) is 96.4 cm³/mol. The summed E-state index contributed by atoms with van der Waals surface area (Å²) in [4.78, 5) is 8.91. The average Bonchev–Trinajstić information content (AvgIpc) is 3.40.